The molecule has 1 N–H and O–H groups in total. The minimum absolute atomic E-state index is 0.0323. The molecule has 0 aliphatic rings. The summed E-state index contributed by atoms with van der Waals surface area (Å²) in [6, 6.07) is 14.7. The lowest BCUT2D eigenvalue weighted by atomic mass is 10.1. The van der Waals surface area contributed by atoms with Gasteiger partial charge in [0, 0.05) is 12.1 Å². The molecule has 0 aliphatic heterocycles. The number of thiazole rings is 1. The van der Waals surface area contributed by atoms with Gasteiger partial charge in [0.2, 0.25) is 10.0 Å². The monoisotopic (exact) mass is 404 g/mol. The van der Waals surface area contributed by atoms with E-state index in [4.69, 9.17) is 0 Å². The van der Waals surface area contributed by atoms with Crippen molar-refractivity contribution in [3.8, 4) is 0 Å². The third-order valence-corrected chi connectivity index (χ3v) is 6.98. The third kappa shape index (κ3) is 4.48. The fourth-order valence-corrected chi connectivity index (χ4v) is 5.52. The van der Waals surface area contributed by atoms with Crippen LogP contribution in [0.4, 0.5) is 0 Å². The Kier molecular flexibility index (Phi) is 5.83. The van der Waals surface area contributed by atoms with Crippen LogP contribution in [0.5, 0.6) is 0 Å². The van der Waals surface area contributed by atoms with Gasteiger partial charge in [0.1, 0.15) is 0 Å². The van der Waals surface area contributed by atoms with E-state index in [9.17, 15) is 13.2 Å². The topological polar surface area (TPSA) is 68.2 Å². The fourth-order valence-electron chi connectivity index (χ4n) is 3.09. The van der Waals surface area contributed by atoms with Gasteiger partial charge in [-0.25, -0.2) is 13.1 Å². The van der Waals surface area contributed by atoms with Crippen LogP contribution in [-0.4, -0.2) is 19.0 Å². The Hall–Kier alpha value is -1.96. The largest absolute Gasteiger partial charge is 0.308 e. The predicted octanol–water partition coefficient (Wildman–Crippen LogP) is 3.94. The summed E-state index contributed by atoms with van der Waals surface area (Å²) in [5.41, 5.74) is 1.96. The third-order valence-electron chi connectivity index (χ3n) is 4.48. The van der Waals surface area contributed by atoms with E-state index >= 15 is 0 Å². The molecule has 3 rings (SSSR count). The van der Waals surface area contributed by atoms with Crippen LogP contribution in [0.2, 0.25) is 0 Å². The standard InChI is InChI=1S/C20H24N2O3S2/c1-14(2)22-18-12-11-17(13-19(18)26-20(22)23)27(24,25)21-15(3)9-10-16-7-5-4-6-8-16/h4-8,11-15,21H,9-10H2,1-3H3/t15-/m1/s1. The van der Waals surface area contributed by atoms with E-state index in [1.165, 1.54) is 5.56 Å². The van der Waals surface area contributed by atoms with E-state index < -0.39 is 10.0 Å². The molecule has 0 aliphatic carbocycles. The minimum atomic E-state index is -3.63. The molecule has 0 spiro atoms. The predicted molar refractivity (Wildman–Crippen MR) is 111 cm³/mol. The van der Waals surface area contributed by atoms with E-state index in [0.29, 0.717) is 11.1 Å². The molecule has 5 nitrogen and oxygen atoms in total. The number of nitrogens with one attached hydrogen (secondary N) is 1. The van der Waals surface area contributed by atoms with E-state index in [1.807, 2.05) is 51.1 Å². The highest BCUT2D eigenvalue weighted by Crippen LogP contribution is 2.24. The Balaban J connectivity index is 1.77. The van der Waals surface area contributed by atoms with Crippen LogP contribution in [-0.2, 0) is 16.4 Å². The molecule has 0 amide bonds. The maximum absolute atomic E-state index is 12.7. The molecule has 2 aromatic carbocycles. The molecule has 0 saturated heterocycles. The molecule has 1 heterocycles. The summed E-state index contributed by atoms with van der Waals surface area (Å²) < 4.78 is 30.6. The van der Waals surface area contributed by atoms with Gasteiger partial charge in [0.25, 0.3) is 0 Å². The average molecular weight is 405 g/mol. The second-order valence-electron chi connectivity index (χ2n) is 7.01. The number of aromatic nitrogens is 1. The summed E-state index contributed by atoms with van der Waals surface area (Å²) in [4.78, 5) is 12.3. The van der Waals surface area contributed by atoms with Crippen LogP contribution in [0.25, 0.3) is 10.2 Å². The number of fused-ring (bicyclic) bond motifs is 1. The number of hydrogen-bond donors (Lipinski definition) is 1. The van der Waals surface area contributed by atoms with Gasteiger partial charge in [-0.15, -0.1) is 0 Å². The Morgan fingerprint density at radius 1 is 1.07 bits per heavy atom. The van der Waals surface area contributed by atoms with Gasteiger partial charge >= 0.3 is 4.87 Å². The van der Waals surface area contributed by atoms with Crippen molar-refractivity contribution >= 4 is 31.6 Å². The summed E-state index contributed by atoms with van der Waals surface area (Å²) in [6.07, 6.45) is 1.52. The van der Waals surface area contributed by atoms with Crippen LogP contribution in [0.3, 0.4) is 0 Å². The van der Waals surface area contributed by atoms with Gasteiger partial charge in [-0.2, -0.15) is 0 Å². The first-order valence-electron chi connectivity index (χ1n) is 8.99. The molecule has 0 radical (unpaired) electrons. The zero-order valence-electron chi connectivity index (χ0n) is 15.7. The van der Waals surface area contributed by atoms with Crippen molar-refractivity contribution < 1.29 is 8.42 Å². The van der Waals surface area contributed by atoms with Gasteiger partial charge in [-0.3, -0.25) is 9.36 Å². The first kappa shape index (κ1) is 19.8. The smallest absolute Gasteiger partial charge is 0.296 e. The van der Waals surface area contributed by atoms with Gasteiger partial charge in [-0.1, -0.05) is 41.7 Å². The molecular formula is C20H24N2O3S2. The molecule has 7 heteroatoms. The van der Waals surface area contributed by atoms with Crippen molar-refractivity contribution in [1.82, 2.24) is 9.29 Å². The van der Waals surface area contributed by atoms with Crippen molar-refractivity contribution in [2.75, 3.05) is 0 Å². The highest BCUT2D eigenvalue weighted by Gasteiger charge is 2.19. The van der Waals surface area contributed by atoms with E-state index in [-0.39, 0.29) is 21.9 Å². The second-order valence-corrected chi connectivity index (χ2v) is 9.72. The fraction of sp³-hybridized carbons (Fsp3) is 0.350. The van der Waals surface area contributed by atoms with Crippen LogP contribution in [0.1, 0.15) is 38.8 Å². The summed E-state index contributed by atoms with van der Waals surface area (Å²) >= 11 is 1.08. The van der Waals surface area contributed by atoms with Crippen molar-refractivity contribution in [3.05, 3.63) is 63.8 Å². The molecule has 1 atom stereocenters. The first-order chi connectivity index (χ1) is 12.8. The Labute approximate surface area is 163 Å². The highest BCUT2D eigenvalue weighted by atomic mass is 32.2. The first-order valence-corrected chi connectivity index (χ1v) is 11.3. The van der Waals surface area contributed by atoms with Crippen LogP contribution in [0.15, 0.2) is 58.2 Å². The SMILES string of the molecule is CC(C)n1c(=O)sc2cc(S(=O)(=O)N[C@H](C)CCc3ccccc3)ccc21. The molecule has 0 fully saturated rings. The second kappa shape index (κ2) is 7.96. The zero-order valence-corrected chi connectivity index (χ0v) is 17.3. The summed E-state index contributed by atoms with van der Waals surface area (Å²) in [7, 11) is -3.63. The highest BCUT2D eigenvalue weighted by molar-refractivity contribution is 7.89. The lowest BCUT2D eigenvalue weighted by Crippen LogP contribution is -2.32. The van der Waals surface area contributed by atoms with Crippen LogP contribution < -0.4 is 9.60 Å². The number of aryl methyl sites for hydroxylation is 1. The number of rotatable bonds is 7. The quantitative estimate of drug-likeness (QED) is 0.648. The maximum Gasteiger partial charge on any atom is 0.308 e. The lowest BCUT2D eigenvalue weighted by molar-refractivity contribution is 0.547. The molecule has 0 bridgehead atoms. The normalized spacial score (nSPS) is 13.3. The van der Waals surface area contributed by atoms with Crippen molar-refractivity contribution in [3.63, 3.8) is 0 Å². The van der Waals surface area contributed by atoms with Crippen LogP contribution >= 0.6 is 11.3 Å². The van der Waals surface area contributed by atoms with Gasteiger partial charge in [0.05, 0.1) is 15.1 Å². The molecule has 0 saturated carbocycles. The Morgan fingerprint density at radius 3 is 2.44 bits per heavy atom. The number of benzene rings is 2. The lowest BCUT2D eigenvalue weighted by Gasteiger charge is -2.14. The molecule has 3 aromatic rings. The molecule has 0 unspecified atom stereocenters. The van der Waals surface area contributed by atoms with E-state index in [1.54, 1.807) is 22.8 Å². The summed E-state index contributed by atoms with van der Waals surface area (Å²) in [5.74, 6) is 0. The molecule has 27 heavy (non-hydrogen) atoms. The maximum atomic E-state index is 12.7. The van der Waals surface area contributed by atoms with Crippen molar-refractivity contribution in [1.29, 1.82) is 0 Å². The Bertz CT molecular complexity index is 1080. The molecule has 1 aromatic heterocycles. The minimum Gasteiger partial charge on any atom is -0.296 e. The van der Waals surface area contributed by atoms with Gasteiger partial charge in [0.15, 0.2) is 0 Å². The van der Waals surface area contributed by atoms with Crippen molar-refractivity contribution in [2.24, 2.45) is 0 Å². The summed E-state index contributed by atoms with van der Waals surface area (Å²) in [5, 5.41) is 0. The zero-order chi connectivity index (χ0) is 19.6. The van der Waals surface area contributed by atoms with Crippen LogP contribution in [0, 0.1) is 0 Å². The number of nitrogens with zero attached hydrogens (tertiary/aromatic N) is 1. The number of sulfonamides is 1. The van der Waals surface area contributed by atoms with Crippen molar-refractivity contribution in [2.45, 2.75) is 50.6 Å². The van der Waals surface area contributed by atoms with Gasteiger partial charge in [-0.05, 0) is 57.4 Å². The number of hydrogen-bond acceptors (Lipinski definition) is 4. The summed E-state index contributed by atoms with van der Waals surface area (Å²) in [6.45, 7) is 5.75. The molecule has 144 valence electrons. The van der Waals surface area contributed by atoms with E-state index in [2.05, 4.69) is 4.72 Å². The Morgan fingerprint density at radius 2 is 1.78 bits per heavy atom. The molecular weight excluding hydrogens is 380 g/mol. The average Bonchev–Trinajstić information content (AvgIpc) is 2.95. The van der Waals surface area contributed by atoms with Gasteiger partial charge < -0.3 is 0 Å². The van der Waals surface area contributed by atoms with E-state index in [0.717, 1.165) is 23.3 Å².